The quantitative estimate of drug-likeness (QED) is 0.305. The van der Waals surface area contributed by atoms with Gasteiger partial charge in [-0.05, 0) is 57.9 Å². The first-order valence-electron chi connectivity index (χ1n) is 13.5. The van der Waals surface area contributed by atoms with Gasteiger partial charge in [0.25, 0.3) is 0 Å². The Balaban J connectivity index is 1.87. The Morgan fingerprint density at radius 1 is 1.07 bits per heavy atom. The SMILES string of the molecule is COC(=O)[C@H](CN(C(=O)CN)C(=O)CCCC1CCN(C(=O)OC(C)(C)C)CC1)NC(=O)OCc1ccccc1. The van der Waals surface area contributed by atoms with Gasteiger partial charge >= 0.3 is 18.2 Å². The lowest BCUT2D eigenvalue weighted by molar-refractivity contribution is -0.148. The van der Waals surface area contributed by atoms with Gasteiger partial charge in [-0.3, -0.25) is 14.5 Å². The molecule has 1 aliphatic heterocycles. The van der Waals surface area contributed by atoms with E-state index < -0.39 is 48.6 Å². The van der Waals surface area contributed by atoms with Gasteiger partial charge in [0, 0.05) is 19.5 Å². The Labute approximate surface area is 235 Å². The van der Waals surface area contributed by atoms with Crippen LogP contribution in [0.4, 0.5) is 9.59 Å². The molecule has 3 N–H and O–H groups in total. The second kappa shape index (κ2) is 15.8. The number of piperidine rings is 1. The Morgan fingerprint density at radius 3 is 2.30 bits per heavy atom. The molecule has 0 aromatic heterocycles. The molecule has 1 aliphatic rings. The lowest BCUT2D eigenvalue weighted by Gasteiger charge is -2.33. The lowest BCUT2D eigenvalue weighted by Crippen LogP contribution is -2.53. The van der Waals surface area contributed by atoms with Crippen molar-refractivity contribution in [2.45, 2.75) is 71.1 Å². The van der Waals surface area contributed by atoms with Crippen LogP contribution < -0.4 is 11.1 Å². The molecular formula is C28H42N4O8. The van der Waals surface area contributed by atoms with Crippen molar-refractivity contribution in [3.05, 3.63) is 35.9 Å². The van der Waals surface area contributed by atoms with Gasteiger partial charge in [-0.1, -0.05) is 30.3 Å². The predicted octanol–water partition coefficient (Wildman–Crippen LogP) is 2.59. The second-order valence-electron chi connectivity index (χ2n) is 10.7. The number of ether oxygens (including phenoxy) is 3. The number of alkyl carbamates (subject to hydrolysis) is 1. The van der Waals surface area contributed by atoms with E-state index in [0.29, 0.717) is 25.4 Å². The van der Waals surface area contributed by atoms with Gasteiger partial charge < -0.3 is 30.2 Å². The molecule has 1 aromatic carbocycles. The molecular weight excluding hydrogens is 520 g/mol. The number of amides is 4. The largest absolute Gasteiger partial charge is 0.467 e. The first kappa shape index (κ1) is 32.5. The van der Waals surface area contributed by atoms with Gasteiger partial charge in [0.05, 0.1) is 20.2 Å². The third kappa shape index (κ3) is 11.2. The smallest absolute Gasteiger partial charge is 0.410 e. The van der Waals surface area contributed by atoms with Crippen molar-refractivity contribution in [3.8, 4) is 0 Å². The van der Waals surface area contributed by atoms with E-state index in [1.165, 1.54) is 0 Å². The summed E-state index contributed by atoms with van der Waals surface area (Å²) in [6.45, 7) is 5.74. The number of hydrogen-bond donors (Lipinski definition) is 2. The molecule has 0 aliphatic carbocycles. The van der Waals surface area contributed by atoms with Crippen molar-refractivity contribution in [2.24, 2.45) is 11.7 Å². The molecule has 1 saturated heterocycles. The predicted molar refractivity (Wildman–Crippen MR) is 146 cm³/mol. The molecule has 1 fully saturated rings. The standard InChI is InChI=1S/C28H42N4O8/c1-28(2,3)40-27(37)31-15-13-20(14-16-31)11-8-12-23(33)32(24(34)17-29)18-22(25(35)38-4)30-26(36)39-19-21-9-6-5-7-10-21/h5-7,9-10,20,22H,8,11-19,29H2,1-4H3,(H,30,36)/t22-/m0/s1. The van der Waals surface area contributed by atoms with Crippen molar-refractivity contribution in [3.63, 3.8) is 0 Å². The first-order valence-corrected chi connectivity index (χ1v) is 13.5. The van der Waals surface area contributed by atoms with Crippen molar-refractivity contribution in [1.82, 2.24) is 15.1 Å². The van der Waals surface area contributed by atoms with Gasteiger partial charge in [0.15, 0.2) is 0 Å². The Hall–Kier alpha value is -3.67. The summed E-state index contributed by atoms with van der Waals surface area (Å²) in [6, 6.07) is 7.63. The Kier molecular flexibility index (Phi) is 12.9. The number of benzene rings is 1. The van der Waals surface area contributed by atoms with Crippen LogP contribution in [-0.4, -0.2) is 84.7 Å². The molecule has 12 heteroatoms. The minimum Gasteiger partial charge on any atom is -0.467 e. The van der Waals surface area contributed by atoms with Crippen molar-refractivity contribution in [1.29, 1.82) is 0 Å². The summed E-state index contributed by atoms with van der Waals surface area (Å²) in [5, 5.41) is 2.37. The van der Waals surface area contributed by atoms with E-state index in [1.54, 1.807) is 29.2 Å². The molecule has 0 saturated carbocycles. The minimum absolute atomic E-state index is 0.0261. The average Bonchev–Trinajstić information content (AvgIpc) is 2.93. The van der Waals surface area contributed by atoms with Crippen molar-refractivity contribution in [2.75, 3.05) is 33.3 Å². The van der Waals surface area contributed by atoms with Gasteiger partial charge in [-0.2, -0.15) is 0 Å². The Morgan fingerprint density at radius 2 is 1.73 bits per heavy atom. The van der Waals surface area contributed by atoms with Crippen molar-refractivity contribution < 1.29 is 38.2 Å². The van der Waals surface area contributed by atoms with E-state index in [1.807, 2.05) is 26.8 Å². The molecule has 2 rings (SSSR count). The number of carbonyl (C=O) groups excluding carboxylic acids is 5. The molecule has 40 heavy (non-hydrogen) atoms. The van der Waals surface area contributed by atoms with Crippen LogP contribution in [0.1, 0.15) is 58.4 Å². The van der Waals surface area contributed by atoms with Crippen LogP contribution in [0.15, 0.2) is 30.3 Å². The fraction of sp³-hybridized carbons (Fsp3) is 0.607. The molecule has 0 spiro atoms. The molecule has 1 atom stereocenters. The topological polar surface area (TPSA) is 158 Å². The van der Waals surface area contributed by atoms with Crippen LogP contribution in [0.5, 0.6) is 0 Å². The number of rotatable bonds is 11. The van der Waals surface area contributed by atoms with E-state index in [4.69, 9.17) is 19.9 Å². The van der Waals surface area contributed by atoms with Crippen LogP contribution in [-0.2, 0) is 35.2 Å². The summed E-state index contributed by atoms with van der Waals surface area (Å²) in [5.74, 6) is -1.69. The zero-order valence-electron chi connectivity index (χ0n) is 23.9. The van der Waals surface area contributed by atoms with Crippen LogP contribution in [0.3, 0.4) is 0 Å². The highest BCUT2D eigenvalue weighted by Gasteiger charge is 2.31. The number of esters is 1. The maximum absolute atomic E-state index is 13.0. The monoisotopic (exact) mass is 562 g/mol. The van der Waals surface area contributed by atoms with E-state index in [0.717, 1.165) is 36.8 Å². The summed E-state index contributed by atoms with van der Waals surface area (Å²) in [4.78, 5) is 65.0. The number of likely N-dealkylation sites (tertiary alicyclic amines) is 1. The minimum atomic E-state index is -1.33. The number of nitrogens with zero attached hydrogens (tertiary/aromatic N) is 2. The molecule has 4 amide bonds. The fourth-order valence-electron chi connectivity index (χ4n) is 4.27. The third-order valence-corrected chi connectivity index (χ3v) is 6.40. The Bertz CT molecular complexity index is 1000. The zero-order chi connectivity index (χ0) is 29.7. The summed E-state index contributed by atoms with van der Waals surface area (Å²) in [7, 11) is 1.14. The summed E-state index contributed by atoms with van der Waals surface area (Å²) in [5.41, 5.74) is 5.71. The highest BCUT2D eigenvalue weighted by molar-refractivity contribution is 5.97. The van der Waals surface area contributed by atoms with Crippen LogP contribution in [0, 0.1) is 5.92 Å². The molecule has 0 bridgehead atoms. The molecule has 12 nitrogen and oxygen atoms in total. The van der Waals surface area contributed by atoms with E-state index in [2.05, 4.69) is 5.32 Å². The highest BCUT2D eigenvalue weighted by atomic mass is 16.6. The van der Waals surface area contributed by atoms with E-state index >= 15 is 0 Å². The van der Waals surface area contributed by atoms with Crippen LogP contribution in [0.25, 0.3) is 0 Å². The summed E-state index contributed by atoms with van der Waals surface area (Å²) < 4.78 is 15.3. The highest BCUT2D eigenvalue weighted by Crippen LogP contribution is 2.24. The third-order valence-electron chi connectivity index (χ3n) is 6.40. The molecule has 222 valence electrons. The number of methoxy groups -OCH3 is 1. The van der Waals surface area contributed by atoms with E-state index in [9.17, 15) is 24.0 Å². The fourth-order valence-corrected chi connectivity index (χ4v) is 4.27. The van der Waals surface area contributed by atoms with E-state index in [-0.39, 0.29) is 19.1 Å². The average molecular weight is 563 g/mol. The van der Waals surface area contributed by atoms with Gasteiger partial charge in [-0.15, -0.1) is 0 Å². The van der Waals surface area contributed by atoms with Crippen LogP contribution in [0.2, 0.25) is 0 Å². The van der Waals surface area contributed by atoms with Crippen LogP contribution >= 0.6 is 0 Å². The second-order valence-corrected chi connectivity index (χ2v) is 10.7. The molecule has 0 unspecified atom stereocenters. The molecule has 1 heterocycles. The first-order chi connectivity index (χ1) is 18.9. The molecule has 1 aromatic rings. The number of hydrogen-bond acceptors (Lipinski definition) is 9. The number of imide groups is 1. The lowest BCUT2D eigenvalue weighted by atomic mass is 9.91. The van der Waals surface area contributed by atoms with Gasteiger partial charge in [-0.25, -0.2) is 14.4 Å². The van der Waals surface area contributed by atoms with Gasteiger partial charge in [0.2, 0.25) is 11.8 Å². The number of nitrogens with two attached hydrogens (primary N) is 1. The normalized spacial score (nSPS) is 14.6. The number of carbonyl (C=O) groups is 5. The maximum Gasteiger partial charge on any atom is 0.410 e. The number of nitrogens with one attached hydrogen (secondary N) is 1. The summed E-state index contributed by atoms with van der Waals surface area (Å²) >= 11 is 0. The van der Waals surface area contributed by atoms with Crippen molar-refractivity contribution >= 4 is 30.0 Å². The zero-order valence-corrected chi connectivity index (χ0v) is 23.9. The summed E-state index contributed by atoms with van der Waals surface area (Å²) in [6.07, 6.45) is 1.67. The molecule has 0 radical (unpaired) electrons. The van der Waals surface area contributed by atoms with Gasteiger partial charge in [0.1, 0.15) is 18.2 Å². The maximum atomic E-state index is 13.0.